The second kappa shape index (κ2) is 12.8. The molecule has 0 aromatic heterocycles. The van der Waals surface area contributed by atoms with E-state index in [9.17, 15) is 4.79 Å². The lowest BCUT2D eigenvalue weighted by Gasteiger charge is -2.22. The van der Waals surface area contributed by atoms with Crippen LogP contribution in [0.5, 0.6) is 0 Å². The second-order valence-corrected chi connectivity index (χ2v) is 9.50. The van der Waals surface area contributed by atoms with Gasteiger partial charge in [0.25, 0.3) is 0 Å². The van der Waals surface area contributed by atoms with Crippen LogP contribution in [0.1, 0.15) is 96.8 Å². The van der Waals surface area contributed by atoms with Crippen LogP contribution in [0.2, 0.25) is 0 Å². The van der Waals surface area contributed by atoms with E-state index in [1.54, 1.807) is 0 Å². The zero-order chi connectivity index (χ0) is 21.0. The van der Waals surface area contributed by atoms with Crippen molar-refractivity contribution in [3.63, 3.8) is 0 Å². The Bertz CT molecular complexity index is 638. The van der Waals surface area contributed by atoms with E-state index in [1.165, 1.54) is 64.2 Å². The highest BCUT2D eigenvalue weighted by molar-refractivity contribution is 5.81. The molecule has 3 aliphatic rings. The number of nitrogens with one attached hydrogen (secondary N) is 1. The first-order valence-electron chi connectivity index (χ1n) is 12.4. The van der Waals surface area contributed by atoms with Gasteiger partial charge in [-0.25, -0.2) is 0 Å². The maximum atomic E-state index is 12.8. The summed E-state index contributed by atoms with van der Waals surface area (Å²) >= 11 is 0. The molecule has 2 fully saturated rings. The molecular formula is C27H41NO2. The maximum Gasteiger partial charge on any atom is 0.227 e. The monoisotopic (exact) mass is 411 g/mol. The van der Waals surface area contributed by atoms with Gasteiger partial charge in [0, 0.05) is 11.6 Å². The summed E-state index contributed by atoms with van der Waals surface area (Å²) in [7, 11) is 0. The number of hydrogen-bond acceptors (Lipinski definition) is 2. The average Bonchev–Trinajstić information content (AvgIpc) is 2.82. The van der Waals surface area contributed by atoms with Crippen LogP contribution >= 0.6 is 0 Å². The predicted molar refractivity (Wildman–Crippen MR) is 125 cm³/mol. The molecule has 3 nitrogen and oxygen atoms in total. The van der Waals surface area contributed by atoms with Gasteiger partial charge in [0.15, 0.2) is 0 Å². The molecule has 2 saturated carbocycles. The van der Waals surface area contributed by atoms with Crippen LogP contribution in [-0.2, 0) is 9.53 Å². The first-order chi connectivity index (χ1) is 14.7. The SMILES string of the molecule is CC1CCCC(C(=O)NC2=C/C=C\C(OC3CCCCCCCC3)=C/C=C2)CCC1. The Morgan fingerprint density at radius 1 is 0.800 bits per heavy atom. The molecule has 0 bridgehead atoms. The van der Waals surface area contributed by atoms with Crippen LogP contribution in [-0.4, -0.2) is 12.0 Å². The third kappa shape index (κ3) is 8.16. The van der Waals surface area contributed by atoms with E-state index < -0.39 is 0 Å². The van der Waals surface area contributed by atoms with Crippen LogP contribution in [0.15, 0.2) is 47.9 Å². The molecule has 0 saturated heterocycles. The minimum atomic E-state index is 0.152. The van der Waals surface area contributed by atoms with E-state index in [4.69, 9.17) is 4.74 Å². The molecule has 30 heavy (non-hydrogen) atoms. The molecule has 1 N–H and O–H groups in total. The molecule has 0 atom stereocenters. The van der Waals surface area contributed by atoms with Crippen molar-refractivity contribution in [1.29, 1.82) is 0 Å². The molecular weight excluding hydrogens is 370 g/mol. The first kappa shape index (κ1) is 22.9. The molecule has 0 radical (unpaired) electrons. The number of hydrogen-bond donors (Lipinski definition) is 1. The summed E-state index contributed by atoms with van der Waals surface area (Å²) in [4.78, 5) is 12.8. The topological polar surface area (TPSA) is 38.3 Å². The molecule has 0 spiro atoms. The lowest BCUT2D eigenvalue weighted by Crippen LogP contribution is -2.30. The van der Waals surface area contributed by atoms with Crippen molar-refractivity contribution < 1.29 is 9.53 Å². The fourth-order valence-electron chi connectivity index (χ4n) is 4.89. The Morgan fingerprint density at radius 3 is 2.13 bits per heavy atom. The average molecular weight is 412 g/mol. The van der Waals surface area contributed by atoms with Crippen molar-refractivity contribution >= 4 is 5.91 Å². The fourth-order valence-corrected chi connectivity index (χ4v) is 4.89. The van der Waals surface area contributed by atoms with Crippen molar-refractivity contribution in [3.05, 3.63) is 47.9 Å². The number of amides is 1. The smallest absolute Gasteiger partial charge is 0.227 e. The molecule has 0 heterocycles. The summed E-state index contributed by atoms with van der Waals surface area (Å²) in [6, 6.07) is 0. The molecule has 3 heteroatoms. The van der Waals surface area contributed by atoms with Crippen LogP contribution in [0.25, 0.3) is 0 Å². The van der Waals surface area contributed by atoms with E-state index in [0.717, 1.165) is 43.1 Å². The Hall–Kier alpha value is -1.77. The van der Waals surface area contributed by atoms with Gasteiger partial charge in [0.05, 0.1) is 6.10 Å². The number of rotatable bonds is 4. The van der Waals surface area contributed by atoms with Crippen LogP contribution in [0.4, 0.5) is 0 Å². The highest BCUT2D eigenvalue weighted by atomic mass is 16.5. The summed E-state index contributed by atoms with van der Waals surface area (Å²) < 4.78 is 6.31. The zero-order valence-corrected chi connectivity index (χ0v) is 18.9. The Kier molecular flexibility index (Phi) is 9.79. The molecule has 0 aromatic carbocycles. The quantitative estimate of drug-likeness (QED) is 0.534. The first-order valence-corrected chi connectivity index (χ1v) is 12.4. The summed E-state index contributed by atoms with van der Waals surface area (Å²) in [6.45, 7) is 2.33. The van der Waals surface area contributed by atoms with E-state index >= 15 is 0 Å². The third-order valence-electron chi connectivity index (χ3n) is 6.81. The summed E-state index contributed by atoms with van der Waals surface area (Å²) in [6.07, 6.45) is 29.5. The fraction of sp³-hybridized carbons (Fsp3) is 0.667. The van der Waals surface area contributed by atoms with Gasteiger partial charge in [-0.1, -0.05) is 70.4 Å². The lowest BCUT2D eigenvalue weighted by molar-refractivity contribution is -0.124. The number of carbonyl (C=O) groups is 1. The van der Waals surface area contributed by atoms with Crippen molar-refractivity contribution in [2.45, 2.75) is 103 Å². The summed E-state index contributed by atoms with van der Waals surface area (Å²) in [5, 5.41) is 3.15. The Labute approximate surface area is 183 Å². The van der Waals surface area contributed by atoms with Crippen LogP contribution in [0, 0.1) is 11.8 Å². The van der Waals surface area contributed by atoms with Gasteiger partial charge < -0.3 is 10.1 Å². The number of ether oxygens (including phenoxy) is 1. The number of carbonyl (C=O) groups excluding carboxylic acids is 1. The molecule has 3 aliphatic carbocycles. The maximum absolute atomic E-state index is 12.8. The molecule has 166 valence electrons. The highest BCUT2D eigenvalue weighted by Crippen LogP contribution is 2.26. The van der Waals surface area contributed by atoms with E-state index in [2.05, 4.69) is 12.2 Å². The van der Waals surface area contributed by atoms with Crippen molar-refractivity contribution in [1.82, 2.24) is 5.32 Å². The minimum Gasteiger partial charge on any atom is -0.490 e. The molecule has 3 rings (SSSR count). The highest BCUT2D eigenvalue weighted by Gasteiger charge is 2.21. The molecule has 0 aliphatic heterocycles. The van der Waals surface area contributed by atoms with Gasteiger partial charge in [-0.05, 0) is 68.7 Å². The van der Waals surface area contributed by atoms with E-state index in [0.29, 0.717) is 6.10 Å². The summed E-state index contributed by atoms with van der Waals surface area (Å²) in [5.74, 6) is 2.07. The largest absolute Gasteiger partial charge is 0.490 e. The van der Waals surface area contributed by atoms with Gasteiger partial charge in [0.1, 0.15) is 5.76 Å². The second-order valence-electron chi connectivity index (χ2n) is 9.50. The zero-order valence-electron chi connectivity index (χ0n) is 18.9. The third-order valence-corrected chi connectivity index (χ3v) is 6.81. The molecule has 0 unspecified atom stereocenters. The van der Waals surface area contributed by atoms with E-state index in [1.807, 2.05) is 36.5 Å². The minimum absolute atomic E-state index is 0.152. The lowest BCUT2D eigenvalue weighted by atomic mass is 9.86. The Balaban J connectivity index is 1.49. The van der Waals surface area contributed by atoms with Crippen LogP contribution < -0.4 is 5.32 Å². The van der Waals surface area contributed by atoms with Gasteiger partial charge >= 0.3 is 0 Å². The van der Waals surface area contributed by atoms with E-state index in [-0.39, 0.29) is 11.8 Å². The number of allylic oxidation sites excluding steroid dienone is 6. The summed E-state index contributed by atoms with van der Waals surface area (Å²) in [5.41, 5.74) is 0.865. The van der Waals surface area contributed by atoms with Crippen molar-refractivity contribution in [2.24, 2.45) is 11.8 Å². The molecule has 0 aromatic rings. The van der Waals surface area contributed by atoms with Gasteiger partial charge in [-0.2, -0.15) is 0 Å². The van der Waals surface area contributed by atoms with Crippen LogP contribution in [0.3, 0.4) is 0 Å². The van der Waals surface area contributed by atoms with Gasteiger partial charge in [-0.3, -0.25) is 4.79 Å². The van der Waals surface area contributed by atoms with Gasteiger partial charge in [-0.15, -0.1) is 0 Å². The Morgan fingerprint density at radius 2 is 1.43 bits per heavy atom. The molecule has 1 amide bonds. The normalized spacial score (nSPS) is 29.9. The predicted octanol–water partition coefficient (Wildman–Crippen LogP) is 7.12. The van der Waals surface area contributed by atoms with Crippen molar-refractivity contribution in [3.8, 4) is 0 Å². The standard InChI is InChI=1S/C27H41NO2/c1-22-12-8-14-23(15-9-13-22)27(29)28-24-16-10-20-26(21-11-17-24)30-25-18-6-4-2-3-5-7-19-25/h10-11,16-17,20-23,25H,2-9,12-15,18-19H2,1H3,(H,28,29)/b16-10?,17-11?,20-10-,21-11?,24-16?,24-17?,26-20?,26-21+. The van der Waals surface area contributed by atoms with Crippen molar-refractivity contribution in [2.75, 3.05) is 0 Å². The van der Waals surface area contributed by atoms with Gasteiger partial charge in [0.2, 0.25) is 5.91 Å².